The van der Waals surface area contributed by atoms with Crippen molar-refractivity contribution in [1.29, 1.82) is 0 Å². The second kappa shape index (κ2) is 8.69. The first-order chi connectivity index (χ1) is 15.6. The predicted octanol–water partition coefficient (Wildman–Crippen LogP) is 5.02. The molecule has 2 aliphatic rings. The number of hydrogen-bond acceptors (Lipinski definition) is 4. The standard InChI is InChI=1S/C26H25ClN4O/c1-30-13-15-31(16-14-30)21-10-8-20(9-11-21)28-25(18-5-3-2-4-6-18)24-22-12-7-19(27)17-23(22)29-26(24)32/h2-12,17,28H,13-16H2,1H3,(H,29,32)/b25-24-. The molecule has 0 bridgehead atoms. The van der Waals surface area contributed by atoms with Crippen molar-refractivity contribution in [1.82, 2.24) is 4.90 Å². The SMILES string of the molecule is CN1CCN(c2ccc(N/C(=C3\C(=O)Nc4cc(Cl)ccc43)c3ccccc3)cc2)CC1. The fourth-order valence-corrected chi connectivity index (χ4v) is 4.41. The molecule has 0 aromatic heterocycles. The van der Waals surface area contributed by atoms with E-state index in [-0.39, 0.29) is 5.91 Å². The quantitative estimate of drug-likeness (QED) is 0.554. The predicted molar refractivity (Wildman–Crippen MR) is 133 cm³/mol. The van der Waals surface area contributed by atoms with Gasteiger partial charge >= 0.3 is 0 Å². The first-order valence-electron chi connectivity index (χ1n) is 10.8. The minimum Gasteiger partial charge on any atom is -0.369 e. The van der Waals surface area contributed by atoms with Gasteiger partial charge in [-0.15, -0.1) is 0 Å². The first-order valence-corrected chi connectivity index (χ1v) is 11.2. The smallest absolute Gasteiger partial charge is 0.258 e. The Morgan fingerprint density at radius 2 is 1.66 bits per heavy atom. The van der Waals surface area contributed by atoms with Crippen molar-refractivity contribution < 1.29 is 4.79 Å². The molecule has 2 N–H and O–H groups in total. The van der Waals surface area contributed by atoms with Crippen LogP contribution < -0.4 is 15.5 Å². The fourth-order valence-electron chi connectivity index (χ4n) is 4.24. The van der Waals surface area contributed by atoms with Crippen LogP contribution in [0.2, 0.25) is 5.02 Å². The average Bonchev–Trinajstić information content (AvgIpc) is 3.13. The summed E-state index contributed by atoms with van der Waals surface area (Å²) in [5.41, 5.74) is 6.07. The Morgan fingerprint density at radius 1 is 0.938 bits per heavy atom. The van der Waals surface area contributed by atoms with Gasteiger partial charge in [-0.1, -0.05) is 48.0 Å². The maximum atomic E-state index is 13.0. The minimum absolute atomic E-state index is 0.136. The van der Waals surface area contributed by atoms with Crippen LogP contribution in [0.5, 0.6) is 0 Å². The van der Waals surface area contributed by atoms with Crippen molar-refractivity contribution in [3.05, 3.63) is 88.9 Å². The summed E-state index contributed by atoms with van der Waals surface area (Å²) in [7, 11) is 2.16. The van der Waals surface area contributed by atoms with Crippen LogP contribution in [0.3, 0.4) is 0 Å². The van der Waals surface area contributed by atoms with E-state index >= 15 is 0 Å². The van der Waals surface area contributed by atoms with E-state index in [9.17, 15) is 4.79 Å². The van der Waals surface area contributed by atoms with Gasteiger partial charge in [-0.25, -0.2) is 0 Å². The molecule has 162 valence electrons. The molecule has 0 spiro atoms. The summed E-state index contributed by atoms with van der Waals surface area (Å²) in [6, 6.07) is 23.9. The molecule has 3 aromatic carbocycles. The van der Waals surface area contributed by atoms with Crippen LogP contribution in [-0.2, 0) is 4.79 Å². The number of hydrogen-bond donors (Lipinski definition) is 2. The number of piperazine rings is 1. The van der Waals surface area contributed by atoms with Gasteiger partial charge in [-0.3, -0.25) is 4.79 Å². The van der Waals surface area contributed by atoms with Gasteiger partial charge in [0.2, 0.25) is 0 Å². The highest BCUT2D eigenvalue weighted by Gasteiger charge is 2.28. The van der Waals surface area contributed by atoms with Crippen molar-refractivity contribution >= 4 is 45.8 Å². The van der Waals surface area contributed by atoms with Crippen molar-refractivity contribution in [2.24, 2.45) is 0 Å². The molecule has 5 nitrogen and oxygen atoms in total. The average molecular weight is 445 g/mol. The summed E-state index contributed by atoms with van der Waals surface area (Å²) in [6.07, 6.45) is 0. The molecule has 1 amide bonds. The van der Waals surface area contributed by atoms with Crippen LogP contribution in [0, 0.1) is 0 Å². The van der Waals surface area contributed by atoms with E-state index in [2.05, 4.69) is 51.7 Å². The lowest BCUT2D eigenvalue weighted by Crippen LogP contribution is -2.44. The lowest BCUT2D eigenvalue weighted by molar-refractivity contribution is -0.110. The minimum atomic E-state index is -0.136. The third-order valence-corrected chi connectivity index (χ3v) is 6.28. The largest absolute Gasteiger partial charge is 0.369 e. The zero-order chi connectivity index (χ0) is 22.1. The number of carbonyl (C=O) groups excluding carboxylic acids is 1. The monoisotopic (exact) mass is 444 g/mol. The number of halogens is 1. The molecule has 2 heterocycles. The molecular weight excluding hydrogens is 420 g/mol. The normalized spacial score (nSPS) is 17.7. The number of fused-ring (bicyclic) bond motifs is 1. The van der Waals surface area contributed by atoms with Crippen LogP contribution in [0.15, 0.2) is 72.8 Å². The Hall–Kier alpha value is -3.28. The highest BCUT2D eigenvalue weighted by molar-refractivity contribution is 6.38. The zero-order valence-corrected chi connectivity index (χ0v) is 18.7. The number of anilines is 3. The van der Waals surface area contributed by atoms with Gasteiger partial charge in [0.1, 0.15) is 0 Å². The van der Waals surface area contributed by atoms with Crippen molar-refractivity contribution in [3.63, 3.8) is 0 Å². The third kappa shape index (κ3) is 4.09. The van der Waals surface area contributed by atoms with Crippen molar-refractivity contribution in [2.75, 3.05) is 48.8 Å². The van der Waals surface area contributed by atoms with E-state index in [4.69, 9.17) is 11.6 Å². The van der Waals surface area contributed by atoms with Crippen molar-refractivity contribution in [2.45, 2.75) is 0 Å². The number of likely N-dealkylation sites (N-methyl/N-ethyl adjacent to an activating group) is 1. The summed E-state index contributed by atoms with van der Waals surface area (Å²) in [4.78, 5) is 17.7. The number of rotatable bonds is 4. The van der Waals surface area contributed by atoms with Crippen LogP contribution in [0.4, 0.5) is 17.1 Å². The Bertz CT molecular complexity index is 1170. The summed E-state index contributed by atoms with van der Waals surface area (Å²) in [6.45, 7) is 4.20. The molecule has 6 heteroatoms. The fraction of sp³-hybridized carbons (Fsp3) is 0.192. The van der Waals surface area contributed by atoms with Crippen LogP contribution in [-0.4, -0.2) is 44.0 Å². The topological polar surface area (TPSA) is 47.6 Å². The summed E-state index contributed by atoms with van der Waals surface area (Å²) >= 11 is 6.14. The number of nitrogens with zero attached hydrogens (tertiary/aromatic N) is 2. The van der Waals surface area contributed by atoms with Gasteiger partial charge in [-0.05, 0) is 49.0 Å². The van der Waals surface area contributed by atoms with Crippen LogP contribution in [0.25, 0.3) is 11.3 Å². The molecule has 5 rings (SSSR count). The maximum Gasteiger partial charge on any atom is 0.258 e. The molecule has 1 saturated heterocycles. The van der Waals surface area contributed by atoms with E-state index < -0.39 is 0 Å². The molecule has 0 saturated carbocycles. The van der Waals surface area contributed by atoms with Gasteiger partial charge in [0.15, 0.2) is 0 Å². The van der Waals surface area contributed by atoms with E-state index in [0.717, 1.165) is 54.4 Å². The van der Waals surface area contributed by atoms with E-state index in [1.807, 2.05) is 42.5 Å². The number of benzene rings is 3. The Morgan fingerprint density at radius 3 is 2.38 bits per heavy atom. The second-order valence-corrected chi connectivity index (χ2v) is 8.66. The molecule has 32 heavy (non-hydrogen) atoms. The highest BCUT2D eigenvalue weighted by atomic mass is 35.5. The third-order valence-electron chi connectivity index (χ3n) is 6.04. The van der Waals surface area contributed by atoms with Gasteiger partial charge < -0.3 is 20.4 Å². The number of nitrogens with one attached hydrogen (secondary N) is 2. The second-order valence-electron chi connectivity index (χ2n) is 8.22. The van der Waals surface area contributed by atoms with Gasteiger partial charge in [0.05, 0.1) is 17.0 Å². The highest BCUT2D eigenvalue weighted by Crippen LogP contribution is 2.38. The summed E-state index contributed by atoms with van der Waals surface area (Å²) in [5, 5.41) is 7.06. The summed E-state index contributed by atoms with van der Waals surface area (Å²) in [5.74, 6) is -0.136. The molecule has 0 unspecified atom stereocenters. The Balaban J connectivity index is 1.50. The zero-order valence-electron chi connectivity index (χ0n) is 17.9. The molecular formula is C26H25ClN4O. The molecule has 0 aliphatic carbocycles. The maximum absolute atomic E-state index is 13.0. The lowest BCUT2D eigenvalue weighted by Gasteiger charge is -2.34. The van der Waals surface area contributed by atoms with Gasteiger partial charge in [0, 0.05) is 48.1 Å². The lowest BCUT2D eigenvalue weighted by atomic mass is 10.00. The van der Waals surface area contributed by atoms with E-state index in [1.165, 1.54) is 5.69 Å². The molecule has 0 atom stereocenters. The van der Waals surface area contributed by atoms with E-state index in [1.54, 1.807) is 6.07 Å². The molecule has 3 aromatic rings. The molecule has 1 fully saturated rings. The van der Waals surface area contributed by atoms with Crippen LogP contribution in [0.1, 0.15) is 11.1 Å². The summed E-state index contributed by atoms with van der Waals surface area (Å²) < 4.78 is 0. The van der Waals surface area contributed by atoms with Crippen LogP contribution >= 0.6 is 11.6 Å². The van der Waals surface area contributed by atoms with Crippen molar-refractivity contribution in [3.8, 4) is 0 Å². The number of amides is 1. The van der Waals surface area contributed by atoms with E-state index in [0.29, 0.717) is 10.6 Å². The molecule has 2 aliphatic heterocycles. The Kier molecular flexibility index (Phi) is 5.60. The van der Waals surface area contributed by atoms with Gasteiger partial charge in [0.25, 0.3) is 5.91 Å². The van der Waals surface area contributed by atoms with Gasteiger partial charge in [-0.2, -0.15) is 0 Å². The Labute approximate surface area is 193 Å². The number of carbonyl (C=O) groups is 1. The molecule has 0 radical (unpaired) electrons. The first kappa shape index (κ1) is 20.6.